The van der Waals surface area contributed by atoms with Crippen molar-refractivity contribution in [1.82, 2.24) is 19.5 Å². The highest BCUT2D eigenvalue weighted by Crippen LogP contribution is 2.43. The molecule has 0 saturated carbocycles. The van der Waals surface area contributed by atoms with Gasteiger partial charge in [0.1, 0.15) is 5.58 Å². The van der Waals surface area contributed by atoms with Gasteiger partial charge in [-0.3, -0.25) is 0 Å². The first-order chi connectivity index (χ1) is 31.7. The molecule has 3 heterocycles. The van der Waals surface area contributed by atoms with E-state index in [0.717, 1.165) is 77.6 Å². The molecule has 298 valence electrons. The number of nitrogens with zero attached hydrogens (tertiary/aromatic N) is 4. The van der Waals surface area contributed by atoms with Gasteiger partial charge in [-0.05, 0) is 86.3 Å². The average molecular weight is 817 g/mol. The van der Waals surface area contributed by atoms with Gasteiger partial charge < -0.3 is 8.98 Å². The van der Waals surface area contributed by atoms with Crippen LogP contribution in [-0.4, -0.2) is 19.5 Å². The molecule has 0 aliphatic heterocycles. The molecule has 0 aliphatic carbocycles. The number of hydrogen-bond donors (Lipinski definition) is 0. The fourth-order valence-electron chi connectivity index (χ4n) is 9.40. The maximum absolute atomic E-state index is 6.88. The largest absolute Gasteiger partial charge is 0.454 e. The van der Waals surface area contributed by atoms with E-state index in [-0.39, 0.29) is 0 Å². The second kappa shape index (κ2) is 14.5. The Morgan fingerprint density at radius 3 is 1.22 bits per heavy atom. The summed E-state index contributed by atoms with van der Waals surface area (Å²) in [5.74, 6) is 1.77. The van der Waals surface area contributed by atoms with Crippen LogP contribution in [0.2, 0.25) is 0 Å². The van der Waals surface area contributed by atoms with Crippen molar-refractivity contribution in [1.29, 1.82) is 0 Å². The van der Waals surface area contributed by atoms with Crippen molar-refractivity contribution in [3.63, 3.8) is 0 Å². The van der Waals surface area contributed by atoms with Gasteiger partial charge in [0.25, 0.3) is 0 Å². The van der Waals surface area contributed by atoms with Gasteiger partial charge >= 0.3 is 0 Å². The van der Waals surface area contributed by atoms with Gasteiger partial charge in [-0.2, -0.15) is 0 Å². The van der Waals surface area contributed by atoms with E-state index in [1.165, 1.54) is 32.3 Å². The molecule has 0 unspecified atom stereocenters. The molecule has 0 bridgehead atoms. The zero-order valence-corrected chi connectivity index (χ0v) is 34.5. The number of fused-ring (bicyclic) bond motifs is 8. The second-order valence-corrected chi connectivity index (χ2v) is 16.4. The van der Waals surface area contributed by atoms with Gasteiger partial charge in [0, 0.05) is 38.2 Å². The highest BCUT2D eigenvalue weighted by Gasteiger charge is 2.22. The molecule has 0 fully saturated rings. The predicted molar refractivity (Wildman–Crippen MR) is 264 cm³/mol. The van der Waals surface area contributed by atoms with Crippen molar-refractivity contribution in [2.45, 2.75) is 0 Å². The molecule has 13 rings (SSSR count). The van der Waals surface area contributed by atoms with Crippen LogP contribution in [0.3, 0.4) is 0 Å². The van der Waals surface area contributed by atoms with Gasteiger partial charge in [0.2, 0.25) is 0 Å². The van der Waals surface area contributed by atoms with Gasteiger partial charge in [-0.15, -0.1) is 0 Å². The molecule has 0 amide bonds. The fraction of sp³-hybridized carbons (Fsp3) is 0. The minimum atomic E-state index is 0.573. The summed E-state index contributed by atoms with van der Waals surface area (Å²) in [5.41, 5.74) is 12.0. The summed E-state index contributed by atoms with van der Waals surface area (Å²) in [7, 11) is 0. The first-order valence-corrected chi connectivity index (χ1v) is 21.6. The van der Waals surface area contributed by atoms with Gasteiger partial charge in [-0.1, -0.05) is 176 Å². The quantitative estimate of drug-likeness (QED) is 0.168. The summed E-state index contributed by atoms with van der Waals surface area (Å²) < 4.78 is 9.26. The van der Waals surface area contributed by atoms with E-state index < -0.39 is 0 Å². The van der Waals surface area contributed by atoms with Gasteiger partial charge in [0.05, 0.1) is 16.7 Å². The van der Waals surface area contributed by atoms with Crippen LogP contribution in [0.4, 0.5) is 0 Å². The molecular weight excluding hydrogens is 781 g/mol. The Hall–Kier alpha value is -8.67. The van der Waals surface area contributed by atoms with Crippen LogP contribution in [0.5, 0.6) is 0 Å². The average Bonchev–Trinajstić information content (AvgIpc) is 3.90. The highest BCUT2D eigenvalue weighted by atomic mass is 16.3. The first kappa shape index (κ1) is 36.0. The third-order valence-corrected chi connectivity index (χ3v) is 12.6. The molecule has 64 heavy (non-hydrogen) atoms. The molecule has 3 aromatic heterocycles. The van der Waals surface area contributed by atoms with E-state index in [2.05, 4.69) is 199 Å². The Balaban J connectivity index is 1.07. The van der Waals surface area contributed by atoms with Crippen LogP contribution in [-0.2, 0) is 0 Å². The number of benzene rings is 10. The van der Waals surface area contributed by atoms with Crippen molar-refractivity contribution in [2.75, 3.05) is 0 Å². The van der Waals surface area contributed by atoms with Crippen LogP contribution in [0, 0.1) is 0 Å². The number of hydrogen-bond acceptors (Lipinski definition) is 4. The standard InChI is InChI=1S/C59H36N4O/c1-3-13-37(14-4-1)39-23-27-41(28-24-39)57-60-58(42-29-25-40(26-30-42)38-15-5-2-6-16-38)62-59(61-57)47-33-51-48-21-11-12-22-55(48)64-56(51)54(36-47)63-52-34-45-19-9-7-17-43(45)31-49(52)50-32-44-18-8-10-20-46(44)35-53(50)63/h1-36H. The molecule has 0 saturated heterocycles. The van der Waals surface area contributed by atoms with E-state index in [4.69, 9.17) is 19.4 Å². The molecule has 0 aliphatic rings. The van der Waals surface area contributed by atoms with Crippen LogP contribution >= 0.6 is 0 Å². The molecule has 5 heteroatoms. The molecule has 5 nitrogen and oxygen atoms in total. The minimum Gasteiger partial charge on any atom is -0.454 e. The topological polar surface area (TPSA) is 56.7 Å². The summed E-state index contributed by atoms with van der Waals surface area (Å²) in [5, 5.41) is 9.11. The van der Waals surface area contributed by atoms with Gasteiger partial charge in [-0.25, -0.2) is 15.0 Å². The summed E-state index contributed by atoms with van der Waals surface area (Å²) in [4.78, 5) is 15.8. The van der Waals surface area contributed by atoms with E-state index in [9.17, 15) is 0 Å². The summed E-state index contributed by atoms with van der Waals surface area (Å²) in [6.07, 6.45) is 0. The molecule has 0 atom stereocenters. The van der Waals surface area contributed by atoms with Crippen molar-refractivity contribution in [3.05, 3.63) is 218 Å². The number of rotatable bonds is 6. The van der Waals surface area contributed by atoms with E-state index in [1.54, 1.807) is 0 Å². The normalized spacial score (nSPS) is 11.8. The Labute approximate surface area is 368 Å². The summed E-state index contributed by atoms with van der Waals surface area (Å²) in [6.45, 7) is 0. The number of furan rings is 1. The second-order valence-electron chi connectivity index (χ2n) is 16.4. The van der Waals surface area contributed by atoms with Crippen LogP contribution < -0.4 is 0 Å². The number of para-hydroxylation sites is 1. The smallest absolute Gasteiger partial charge is 0.164 e. The number of aromatic nitrogens is 4. The highest BCUT2D eigenvalue weighted by molar-refractivity contribution is 6.18. The van der Waals surface area contributed by atoms with Gasteiger partial charge in [0.15, 0.2) is 23.1 Å². The lowest BCUT2D eigenvalue weighted by Crippen LogP contribution is -2.01. The van der Waals surface area contributed by atoms with Crippen molar-refractivity contribution in [3.8, 4) is 62.1 Å². The van der Waals surface area contributed by atoms with Crippen molar-refractivity contribution < 1.29 is 4.42 Å². The third-order valence-electron chi connectivity index (χ3n) is 12.6. The first-order valence-electron chi connectivity index (χ1n) is 21.6. The zero-order valence-electron chi connectivity index (χ0n) is 34.5. The van der Waals surface area contributed by atoms with E-state index in [0.29, 0.717) is 17.5 Å². The molecule has 0 N–H and O–H groups in total. The van der Waals surface area contributed by atoms with E-state index in [1.807, 2.05) is 24.3 Å². The molecular formula is C59H36N4O. The van der Waals surface area contributed by atoms with Crippen LogP contribution in [0.1, 0.15) is 0 Å². The maximum Gasteiger partial charge on any atom is 0.164 e. The lowest BCUT2D eigenvalue weighted by molar-refractivity contribution is 0.666. The SMILES string of the molecule is c1ccc(-c2ccc(-c3nc(-c4ccc(-c5ccccc5)cc4)nc(-c4cc(-n5c6cc7ccccc7cc6c6cc7ccccc7cc65)c5oc6ccccc6c5c4)n3)cc2)cc1. The van der Waals surface area contributed by atoms with Crippen LogP contribution in [0.15, 0.2) is 223 Å². The maximum atomic E-state index is 6.88. The third kappa shape index (κ3) is 5.98. The van der Waals surface area contributed by atoms with E-state index >= 15 is 0 Å². The minimum absolute atomic E-state index is 0.573. The lowest BCUT2D eigenvalue weighted by atomic mass is 10.0. The van der Waals surface area contributed by atoms with Crippen molar-refractivity contribution >= 4 is 65.3 Å². The Morgan fingerprint density at radius 2 is 0.703 bits per heavy atom. The molecule has 13 aromatic rings. The fourth-order valence-corrected chi connectivity index (χ4v) is 9.40. The Kier molecular flexibility index (Phi) is 8.15. The molecule has 0 spiro atoms. The summed E-state index contributed by atoms with van der Waals surface area (Å²) >= 11 is 0. The Bertz CT molecular complexity index is 3730. The lowest BCUT2D eigenvalue weighted by Gasteiger charge is -2.13. The molecule has 0 radical (unpaired) electrons. The van der Waals surface area contributed by atoms with Crippen LogP contribution in [0.25, 0.3) is 127 Å². The Morgan fingerprint density at radius 1 is 0.297 bits per heavy atom. The monoisotopic (exact) mass is 816 g/mol. The zero-order chi connectivity index (χ0) is 42.1. The molecule has 10 aromatic carbocycles. The van der Waals surface area contributed by atoms with Crippen molar-refractivity contribution in [2.24, 2.45) is 0 Å². The summed E-state index contributed by atoms with van der Waals surface area (Å²) in [6, 6.07) is 77.0. The predicted octanol–water partition coefficient (Wildman–Crippen LogP) is 15.5.